The molecule has 5 heteroatoms. The molecule has 0 saturated carbocycles. The number of carboxylic acid groups (broad SMARTS) is 1. The van der Waals surface area contributed by atoms with Gasteiger partial charge in [-0.1, -0.05) is 29.8 Å². The molecule has 0 bridgehead atoms. The van der Waals surface area contributed by atoms with Gasteiger partial charge in [0.1, 0.15) is 5.01 Å². The lowest BCUT2D eigenvalue weighted by molar-refractivity contribution is -0.144. The smallest absolute Gasteiger partial charge is 0.307 e. The van der Waals surface area contributed by atoms with Crippen molar-refractivity contribution in [1.29, 1.82) is 0 Å². The highest BCUT2D eigenvalue weighted by molar-refractivity contribution is 7.15. The minimum atomic E-state index is -0.674. The Kier molecular flexibility index (Phi) is 4.78. The predicted octanol–water partition coefficient (Wildman–Crippen LogP) is 3.80. The number of carbonyl (C=O) groups is 1. The van der Waals surface area contributed by atoms with Crippen LogP contribution < -0.4 is 0 Å². The van der Waals surface area contributed by atoms with Gasteiger partial charge in [0.15, 0.2) is 0 Å². The lowest BCUT2D eigenvalue weighted by atomic mass is 9.93. The molecule has 23 heavy (non-hydrogen) atoms. The van der Waals surface area contributed by atoms with Crippen molar-refractivity contribution < 1.29 is 9.90 Å². The topological polar surface area (TPSA) is 53.4 Å². The lowest BCUT2D eigenvalue weighted by Gasteiger charge is -2.36. The van der Waals surface area contributed by atoms with E-state index in [9.17, 15) is 9.90 Å². The number of thiazole rings is 1. The van der Waals surface area contributed by atoms with Crippen molar-refractivity contribution in [2.75, 3.05) is 6.54 Å². The van der Waals surface area contributed by atoms with Gasteiger partial charge in [0.25, 0.3) is 0 Å². The van der Waals surface area contributed by atoms with Crippen molar-refractivity contribution in [2.45, 2.75) is 39.3 Å². The molecule has 2 atom stereocenters. The van der Waals surface area contributed by atoms with Crippen molar-refractivity contribution in [1.82, 2.24) is 9.88 Å². The Morgan fingerprint density at radius 1 is 1.35 bits per heavy atom. The summed E-state index contributed by atoms with van der Waals surface area (Å²) in [4.78, 5) is 19.2. The van der Waals surface area contributed by atoms with Gasteiger partial charge in [-0.05, 0) is 26.7 Å². The molecule has 0 aliphatic carbocycles. The Morgan fingerprint density at radius 3 is 2.78 bits per heavy atom. The number of carboxylic acids is 1. The Hall–Kier alpha value is -1.72. The average Bonchev–Trinajstić information content (AvgIpc) is 2.98. The van der Waals surface area contributed by atoms with Gasteiger partial charge in [-0.15, -0.1) is 11.3 Å². The predicted molar refractivity (Wildman–Crippen MR) is 92.5 cm³/mol. The third kappa shape index (κ3) is 3.79. The monoisotopic (exact) mass is 330 g/mol. The van der Waals surface area contributed by atoms with E-state index >= 15 is 0 Å². The molecular formula is C18H22N2O2S. The number of aliphatic carboxylic acids is 1. The molecule has 0 radical (unpaired) electrons. The Morgan fingerprint density at radius 2 is 2.09 bits per heavy atom. The molecule has 4 nitrogen and oxygen atoms in total. The summed E-state index contributed by atoms with van der Waals surface area (Å²) >= 11 is 1.70. The number of benzene rings is 1. The summed E-state index contributed by atoms with van der Waals surface area (Å²) in [6.07, 6.45) is 3.65. The maximum atomic E-state index is 11.2. The lowest BCUT2D eigenvalue weighted by Crippen LogP contribution is -2.43. The van der Waals surface area contributed by atoms with Crippen LogP contribution in [-0.2, 0) is 11.3 Å². The number of piperidine rings is 1. The van der Waals surface area contributed by atoms with E-state index in [0.717, 1.165) is 30.0 Å². The van der Waals surface area contributed by atoms with Crippen molar-refractivity contribution >= 4 is 17.3 Å². The summed E-state index contributed by atoms with van der Waals surface area (Å²) in [6.45, 7) is 5.68. The van der Waals surface area contributed by atoms with Crippen LogP contribution in [0.1, 0.15) is 30.2 Å². The number of aryl methyl sites for hydroxylation is 1. The van der Waals surface area contributed by atoms with Crippen LogP contribution in [0.5, 0.6) is 0 Å². The third-order valence-corrected chi connectivity index (χ3v) is 5.60. The standard InChI is InChI=1S/C18H22N2O2S/c1-12-3-6-14(7-4-12)17-19-9-16(23-17)11-20-10-15(18(21)22)8-5-13(20)2/h3-4,6-7,9,13,15H,5,8,10-11H2,1-2H3,(H,21,22). The zero-order valence-corrected chi connectivity index (χ0v) is 14.3. The molecule has 1 N–H and O–H groups in total. The maximum Gasteiger partial charge on any atom is 0.307 e. The molecule has 1 aliphatic rings. The van der Waals surface area contributed by atoms with Gasteiger partial charge in [0.05, 0.1) is 5.92 Å². The molecule has 2 aromatic rings. The minimum Gasteiger partial charge on any atom is -0.481 e. The second-order valence-electron chi connectivity index (χ2n) is 6.39. The highest BCUT2D eigenvalue weighted by Gasteiger charge is 2.29. The zero-order valence-electron chi connectivity index (χ0n) is 13.5. The molecule has 1 aliphatic heterocycles. The van der Waals surface area contributed by atoms with E-state index in [1.165, 1.54) is 10.4 Å². The number of likely N-dealkylation sites (tertiary alicyclic amines) is 1. The minimum absolute atomic E-state index is 0.240. The Balaban J connectivity index is 1.70. The fraction of sp³-hybridized carbons (Fsp3) is 0.444. The summed E-state index contributed by atoms with van der Waals surface area (Å²) in [5.41, 5.74) is 2.38. The van der Waals surface area contributed by atoms with Gasteiger partial charge in [-0.25, -0.2) is 4.98 Å². The molecule has 3 rings (SSSR count). The molecule has 1 fully saturated rings. The normalized spacial score (nSPS) is 22.2. The molecule has 1 aromatic carbocycles. The average molecular weight is 330 g/mol. The summed E-state index contributed by atoms with van der Waals surface area (Å²) in [7, 11) is 0. The first-order valence-electron chi connectivity index (χ1n) is 8.01. The van der Waals surface area contributed by atoms with Crippen molar-refractivity contribution in [3.8, 4) is 10.6 Å². The van der Waals surface area contributed by atoms with Crippen molar-refractivity contribution in [3.05, 3.63) is 40.9 Å². The summed E-state index contributed by atoms with van der Waals surface area (Å²) in [5, 5.41) is 10.3. The number of nitrogens with zero attached hydrogens (tertiary/aromatic N) is 2. The zero-order chi connectivity index (χ0) is 16.4. The van der Waals surface area contributed by atoms with E-state index < -0.39 is 5.97 Å². The molecule has 122 valence electrons. The molecule has 1 aromatic heterocycles. The third-order valence-electron chi connectivity index (χ3n) is 4.57. The number of hydrogen-bond donors (Lipinski definition) is 1. The van der Waals surface area contributed by atoms with Crippen LogP contribution in [0.15, 0.2) is 30.5 Å². The number of hydrogen-bond acceptors (Lipinski definition) is 4. The first-order chi connectivity index (χ1) is 11.0. The summed E-state index contributed by atoms with van der Waals surface area (Å²) in [6, 6.07) is 8.82. The molecular weight excluding hydrogens is 308 g/mol. The highest BCUT2D eigenvalue weighted by Crippen LogP contribution is 2.29. The van der Waals surface area contributed by atoms with Crippen molar-refractivity contribution in [2.24, 2.45) is 5.92 Å². The maximum absolute atomic E-state index is 11.2. The van der Waals surface area contributed by atoms with Crippen molar-refractivity contribution in [3.63, 3.8) is 0 Å². The SMILES string of the molecule is Cc1ccc(-c2ncc(CN3CC(C(=O)O)CCC3C)s2)cc1. The largest absolute Gasteiger partial charge is 0.481 e. The van der Waals surface area contributed by atoms with E-state index in [4.69, 9.17) is 0 Å². The van der Waals surface area contributed by atoms with E-state index in [-0.39, 0.29) is 5.92 Å². The van der Waals surface area contributed by atoms with Crippen LogP contribution in [0.2, 0.25) is 0 Å². The second-order valence-corrected chi connectivity index (χ2v) is 7.50. The first-order valence-corrected chi connectivity index (χ1v) is 8.83. The van der Waals surface area contributed by atoms with E-state index in [1.54, 1.807) is 11.3 Å². The van der Waals surface area contributed by atoms with Crippen LogP contribution in [0, 0.1) is 12.8 Å². The second kappa shape index (κ2) is 6.81. The fourth-order valence-electron chi connectivity index (χ4n) is 3.01. The molecule has 0 amide bonds. The van der Waals surface area contributed by atoms with Crippen LogP contribution in [0.25, 0.3) is 10.6 Å². The Labute approximate surface area is 140 Å². The Bertz CT molecular complexity index is 681. The van der Waals surface area contributed by atoms with E-state index in [0.29, 0.717) is 12.6 Å². The highest BCUT2D eigenvalue weighted by atomic mass is 32.1. The molecule has 2 unspecified atom stereocenters. The van der Waals surface area contributed by atoms with Crippen LogP contribution in [0.4, 0.5) is 0 Å². The van der Waals surface area contributed by atoms with Crippen LogP contribution in [-0.4, -0.2) is 33.5 Å². The van der Waals surface area contributed by atoms with Gasteiger partial charge in [0.2, 0.25) is 0 Å². The molecule has 0 spiro atoms. The summed E-state index contributed by atoms with van der Waals surface area (Å²) < 4.78 is 0. The summed E-state index contributed by atoms with van der Waals surface area (Å²) in [5.74, 6) is -0.915. The molecule has 2 heterocycles. The van der Waals surface area contributed by atoms with E-state index in [1.807, 2.05) is 6.20 Å². The van der Waals surface area contributed by atoms with Gasteiger partial charge >= 0.3 is 5.97 Å². The van der Waals surface area contributed by atoms with Gasteiger partial charge in [0, 0.05) is 35.8 Å². The van der Waals surface area contributed by atoms with Crippen LogP contribution >= 0.6 is 11.3 Å². The first kappa shape index (κ1) is 16.1. The van der Waals surface area contributed by atoms with Gasteiger partial charge in [-0.3, -0.25) is 9.69 Å². The number of aromatic nitrogens is 1. The van der Waals surface area contributed by atoms with E-state index in [2.05, 4.69) is 48.0 Å². The number of rotatable bonds is 4. The molecule has 1 saturated heterocycles. The van der Waals surface area contributed by atoms with Crippen LogP contribution in [0.3, 0.4) is 0 Å². The van der Waals surface area contributed by atoms with Gasteiger partial charge in [-0.2, -0.15) is 0 Å². The fourth-order valence-corrected chi connectivity index (χ4v) is 3.96. The quantitative estimate of drug-likeness (QED) is 0.926. The van der Waals surface area contributed by atoms with Gasteiger partial charge < -0.3 is 5.11 Å².